The van der Waals surface area contributed by atoms with E-state index < -0.39 is 11.0 Å². The van der Waals surface area contributed by atoms with Gasteiger partial charge in [0.05, 0.1) is 0 Å². The zero-order valence-electron chi connectivity index (χ0n) is 6.90. The van der Waals surface area contributed by atoms with Gasteiger partial charge < -0.3 is 0 Å². The minimum Gasteiger partial charge on any atom is -0.290 e. The van der Waals surface area contributed by atoms with E-state index in [0.717, 1.165) is 0 Å². The van der Waals surface area contributed by atoms with E-state index in [1.807, 2.05) is 0 Å². The maximum Gasteiger partial charge on any atom is 0.253 e. The van der Waals surface area contributed by atoms with Crippen molar-refractivity contribution in [3.8, 4) is 0 Å². The molecule has 64 valence electrons. The number of nitro groups is 1. The predicted molar refractivity (Wildman–Crippen MR) is 43.3 cm³/mol. The fourth-order valence-corrected chi connectivity index (χ4v) is 1.08. The van der Waals surface area contributed by atoms with Crippen LogP contribution in [0.15, 0.2) is 23.3 Å². The van der Waals surface area contributed by atoms with Crippen molar-refractivity contribution >= 4 is 5.78 Å². The standard InChI is InChI=1S/C8H9NO3/c1-5-4-8(10)6(2)3-7(5)9(11)12/h3-4,7H,1-2H3. The van der Waals surface area contributed by atoms with Gasteiger partial charge in [-0.1, -0.05) is 0 Å². The van der Waals surface area contributed by atoms with E-state index in [2.05, 4.69) is 0 Å². The molecule has 0 fully saturated rings. The summed E-state index contributed by atoms with van der Waals surface area (Å²) in [6.45, 7) is 3.18. The Morgan fingerprint density at radius 3 is 2.58 bits per heavy atom. The van der Waals surface area contributed by atoms with Gasteiger partial charge in [-0.15, -0.1) is 0 Å². The van der Waals surface area contributed by atoms with Crippen molar-refractivity contribution in [3.05, 3.63) is 33.4 Å². The molecule has 0 radical (unpaired) electrons. The molecule has 0 aromatic carbocycles. The maximum absolute atomic E-state index is 11.0. The molecule has 0 aromatic rings. The van der Waals surface area contributed by atoms with Crippen LogP contribution in [0, 0.1) is 10.1 Å². The molecule has 1 rings (SSSR count). The van der Waals surface area contributed by atoms with Gasteiger partial charge in [0.1, 0.15) is 0 Å². The summed E-state index contributed by atoms with van der Waals surface area (Å²) in [5.74, 6) is -0.134. The second-order valence-electron chi connectivity index (χ2n) is 2.83. The van der Waals surface area contributed by atoms with E-state index in [0.29, 0.717) is 11.1 Å². The van der Waals surface area contributed by atoms with E-state index in [4.69, 9.17) is 0 Å². The highest BCUT2D eigenvalue weighted by Gasteiger charge is 2.25. The van der Waals surface area contributed by atoms with Crippen molar-refractivity contribution in [2.75, 3.05) is 0 Å². The van der Waals surface area contributed by atoms with E-state index in [9.17, 15) is 14.9 Å². The van der Waals surface area contributed by atoms with Crippen molar-refractivity contribution in [1.82, 2.24) is 0 Å². The Bertz CT molecular complexity index is 301. The third kappa shape index (κ3) is 1.42. The molecule has 12 heavy (non-hydrogen) atoms. The highest BCUT2D eigenvalue weighted by atomic mass is 16.6. The van der Waals surface area contributed by atoms with Crippen LogP contribution < -0.4 is 0 Å². The average Bonchev–Trinajstić information content (AvgIpc) is 1.96. The zero-order valence-corrected chi connectivity index (χ0v) is 6.90. The molecule has 4 nitrogen and oxygen atoms in total. The fourth-order valence-electron chi connectivity index (χ4n) is 1.08. The number of hydrogen-bond donors (Lipinski definition) is 0. The molecule has 0 amide bonds. The number of nitrogens with zero attached hydrogens (tertiary/aromatic N) is 1. The Morgan fingerprint density at radius 2 is 2.08 bits per heavy atom. The van der Waals surface area contributed by atoms with Gasteiger partial charge in [-0.25, -0.2) is 0 Å². The van der Waals surface area contributed by atoms with Gasteiger partial charge in [0.2, 0.25) is 0 Å². The van der Waals surface area contributed by atoms with Crippen LogP contribution in [0.5, 0.6) is 0 Å². The Kier molecular flexibility index (Phi) is 2.08. The van der Waals surface area contributed by atoms with Gasteiger partial charge in [-0.2, -0.15) is 0 Å². The molecule has 0 saturated heterocycles. The quantitative estimate of drug-likeness (QED) is 0.434. The summed E-state index contributed by atoms with van der Waals surface area (Å²) in [7, 11) is 0. The van der Waals surface area contributed by atoms with Crippen LogP contribution in [-0.2, 0) is 4.79 Å². The van der Waals surface area contributed by atoms with E-state index in [1.54, 1.807) is 13.8 Å². The molecule has 1 atom stereocenters. The molecule has 0 saturated carbocycles. The van der Waals surface area contributed by atoms with Crippen molar-refractivity contribution in [1.29, 1.82) is 0 Å². The maximum atomic E-state index is 11.0. The minimum absolute atomic E-state index is 0.134. The largest absolute Gasteiger partial charge is 0.290 e. The predicted octanol–water partition coefficient (Wildman–Crippen LogP) is 1.11. The van der Waals surface area contributed by atoms with Crippen LogP contribution in [0.3, 0.4) is 0 Å². The Morgan fingerprint density at radius 1 is 1.50 bits per heavy atom. The molecule has 0 N–H and O–H groups in total. The van der Waals surface area contributed by atoms with E-state index in [1.165, 1.54) is 12.2 Å². The normalized spacial score (nSPS) is 23.2. The first-order chi connectivity index (χ1) is 5.52. The van der Waals surface area contributed by atoms with Gasteiger partial charge >= 0.3 is 0 Å². The van der Waals surface area contributed by atoms with Crippen molar-refractivity contribution in [2.45, 2.75) is 19.9 Å². The molecule has 0 bridgehead atoms. The number of carbonyl (C=O) groups is 1. The number of allylic oxidation sites excluding steroid dienone is 2. The van der Waals surface area contributed by atoms with Crippen molar-refractivity contribution in [2.24, 2.45) is 0 Å². The molecule has 1 aliphatic rings. The van der Waals surface area contributed by atoms with Crippen LogP contribution in [0.25, 0.3) is 0 Å². The molecule has 4 heteroatoms. The van der Waals surface area contributed by atoms with Gasteiger partial charge in [-0.05, 0) is 25.5 Å². The van der Waals surface area contributed by atoms with E-state index in [-0.39, 0.29) is 5.78 Å². The SMILES string of the molecule is CC1=CC([N+](=O)[O-])C(C)=CC1=O. The van der Waals surface area contributed by atoms with E-state index >= 15 is 0 Å². The number of rotatable bonds is 1. The van der Waals surface area contributed by atoms with Crippen LogP contribution in [-0.4, -0.2) is 16.7 Å². The summed E-state index contributed by atoms with van der Waals surface area (Å²) in [6.07, 6.45) is 2.71. The topological polar surface area (TPSA) is 60.2 Å². The van der Waals surface area contributed by atoms with Gasteiger partial charge in [-0.3, -0.25) is 14.9 Å². The molecular formula is C8H9NO3. The summed E-state index contributed by atoms with van der Waals surface area (Å²) in [5, 5.41) is 10.4. The summed E-state index contributed by atoms with van der Waals surface area (Å²) in [4.78, 5) is 21.0. The first kappa shape index (κ1) is 8.64. The summed E-state index contributed by atoms with van der Waals surface area (Å²) in [5.41, 5.74) is 0.943. The molecule has 1 unspecified atom stereocenters. The van der Waals surface area contributed by atoms with Crippen LogP contribution in [0.2, 0.25) is 0 Å². The third-order valence-electron chi connectivity index (χ3n) is 1.85. The second-order valence-corrected chi connectivity index (χ2v) is 2.83. The Hall–Kier alpha value is -1.45. The van der Waals surface area contributed by atoms with Crippen LogP contribution >= 0.6 is 0 Å². The molecule has 0 aromatic heterocycles. The Labute approximate surface area is 69.7 Å². The summed E-state index contributed by atoms with van der Waals surface area (Å²) < 4.78 is 0. The number of carbonyl (C=O) groups excluding carboxylic acids is 1. The zero-order chi connectivity index (χ0) is 9.30. The van der Waals surface area contributed by atoms with Crippen LogP contribution in [0.1, 0.15) is 13.8 Å². The average molecular weight is 167 g/mol. The second kappa shape index (κ2) is 2.89. The van der Waals surface area contributed by atoms with Gasteiger partial charge in [0, 0.05) is 16.6 Å². The van der Waals surface area contributed by atoms with Crippen molar-refractivity contribution < 1.29 is 9.72 Å². The molecule has 0 aliphatic heterocycles. The van der Waals surface area contributed by atoms with Gasteiger partial charge in [0.25, 0.3) is 6.04 Å². The number of hydrogen-bond acceptors (Lipinski definition) is 3. The summed E-state index contributed by atoms with van der Waals surface area (Å²) >= 11 is 0. The smallest absolute Gasteiger partial charge is 0.253 e. The molecule has 0 spiro atoms. The fraction of sp³-hybridized carbons (Fsp3) is 0.375. The summed E-state index contributed by atoms with van der Waals surface area (Å²) in [6, 6.07) is -0.817. The molecule has 1 aliphatic carbocycles. The lowest BCUT2D eigenvalue weighted by Gasteiger charge is -2.10. The number of ketones is 1. The Balaban J connectivity index is 3.00. The highest BCUT2D eigenvalue weighted by molar-refractivity contribution is 6.05. The first-order valence-corrected chi connectivity index (χ1v) is 3.57. The van der Waals surface area contributed by atoms with Gasteiger partial charge in [0.15, 0.2) is 5.78 Å². The highest BCUT2D eigenvalue weighted by Crippen LogP contribution is 2.16. The van der Waals surface area contributed by atoms with Crippen molar-refractivity contribution in [3.63, 3.8) is 0 Å². The minimum atomic E-state index is -0.817. The third-order valence-corrected chi connectivity index (χ3v) is 1.85. The monoisotopic (exact) mass is 167 g/mol. The lowest BCUT2D eigenvalue weighted by atomic mass is 9.97. The lowest BCUT2D eigenvalue weighted by molar-refractivity contribution is -0.499. The molecular weight excluding hydrogens is 158 g/mol. The lowest BCUT2D eigenvalue weighted by Crippen LogP contribution is -2.23. The molecule has 0 heterocycles. The first-order valence-electron chi connectivity index (χ1n) is 3.57. The van der Waals surface area contributed by atoms with Crippen LogP contribution in [0.4, 0.5) is 0 Å².